The maximum atomic E-state index is 4.52. The van der Waals surface area contributed by atoms with Crippen LogP contribution in [-0.2, 0) is 0 Å². The fourth-order valence-corrected chi connectivity index (χ4v) is 2.52. The maximum Gasteiger partial charge on any atom is 0.0756 e. The van der Waals surface area contributed by atoms with Crippen LogP contribution in [0, 0.1) is 0 Å². The smallest absolute Gasteiger partial charge is 0.0756 e. The molecule has 0 spiro atoms. The third kappa shape index (κ3) is 3.38. The number of hydrogen-bond acceptors (Lipinski definition) is 3. The van der Waals surface area contributed by atoms with Crippen LogP contribution in [0.4, 0.5) is 0 Å². The van der Waals surface area contributed by atoms with Gasteiger partial charge in [0.2, 0.25) is 0 Å². The summed E-state index contributed by atoms with van der Waals surface area (Å²) in [7, 11) is 0. The first-order valence-corrected chi connectivity index (χ1v) is 7.46. The van der Waals surface area contributed by atoms with E-state index in [0.717, 1.165) is 5.69 Å². The number of rotatable bonds is 5. The van der Waals surface area contributed by atoms with Gasteiger partial charge in [0.1, 0.15) is 0 Å². The Hall–Kier alpha value is -2.52. The van der Waals surface area contributed by atoms with E-state index in [1.807, 2.05) is 36.7 Å². The van der Waals surface area contributed by atoms with E-state index in [0.29, 0.717) is 0 Å². The zero-order valence-electron chi connectivity index (χ0n) is 12.6. The van der Waals surface area contributed by atoms with Crippen LogP contribution >= 0.6 is 0 Å². The minimum Gasteiger partial charge on any atom is -0.298 e. The molecule has 2 aromatic heterocycles. The fraction of sp³-hybridized carbons (Fsp3) is 0.158. The number of benzene rings is 1. The van der Waals surface area contributed by atoms with Crippen LogP contribution in [0.2, 0.25) is 0 Å². The molecule has 2 heterocycles. The molecule has 0 saturated carbocycles. The highest BCUT2D eigenvalue weighted by Crippen LogP contribution is 2.24. The average molecular weight is 289 g/mol. The lowest BCUT2D eigenvalue weighted by molar-refractivity contribution is 0.507. The molecule has 0 radical (unpaired) electrons. The van der Waals surface area contributed by atoms with E-state index < -0.39 is 0 Å². The Morgan fingerprint density at radius 3 is 2.27 bits per heavy atom. The molecule has 0 aliphatic heterocycles. The summed E-state index contributed by atoms with van der Waals surface area (Å²) in [4.78, 5) is 8.73. The van der Waals surface area contributed by atoms with Crippen molar-refractivity contribution in [2.45, 2.75) is 19.0 Å². The first-order valence-electron chi connectivity index (χ1n) is 7.46. The van der Waals surface area contributed by atoms with Crippen LogP contribution in [0.1, 0.15) is 35.8 Å². The molecule has 0 unspecified atom stereocenters. The molecule has 0 aliphatic rings. The van der Waals surface area contributed by atoms with Crippen molar-refractivity contribution < 1.29 is 0 Å². The van der Waals surface area contributed by atoms with Gasteiger partial charge in [0.15, 0.2) is 0 Å². The summed E-state index contributed by atoms with van der Waals surface area (Å²) in [6.07, 6.45) is 5.53. The minimum atomic E-state index is 0.0533. The molecule has 1 N–H and O–H groups in total. The Bertz CT molecular complexity index is 644. The van der Waals surface area contributed by atoms with Gasteiger partial charge in [-0.3, -0.25) is 15.3 Å². The van der Waals surface area contributed by atoms with Gasteiger partial charge in [0, 0.05) is 24.6 Å². The van der Waals surface area contributed by atoms with Gasteiger partial charge in [0.05, 0.1) is 11.7 Å². The topological polar surface area (TPSA) is 37.8 Å². The summed E-state index contributed by atoms with van der Waals surface area (Å²) in [5, 5.41) is 3.66. The van der Waals surface area contributed by atoms with E-state index in [-0.39, 0.29) is 12.1 Å². The Balaban J connectivity index is 1.90. The molecule has 22 heavy (non-hydrogen) atoms. The normalized spacial score (nSPS) is 13.5. The van der Waals surface area contributed by atoms with Gasteiger partial charge in [-0.15, -0.1) is 0 Å². The third-order valence-electron chi connectivity index (χ3n) is 3.72. The summed E-state index contributed by atoms with van der Waals surface area (Å²) in [6.45, 7) is 2.15. The van der Waals surface area contributed by atoms with E-state index in [9.17, 15) is 0 Å². The van der Waals surface area contributed by atoms with Gasteiger partial charge in [-0.25, -0.2) is 0 Å². The minimum absolute atomic E-state index is 0.0533. The summed E-state index contributed by atoms with van der Waals surface area (Å²) in [5.41, 5.74) is 3.39. The quantitative estimate of drug-likeness (QED) is 0.773. The molecule has 3 nitrogen and oxygen atoms in total. The second-order valence-electron chi connectivity index (χ2n) is 5.27. The molecule has 0 amide bonds. The van der Waals surface area contributed by atoms with Crippen molar-refractivity contribution >= 4 is 0 Å². The van der Waals surface area contributed by atoms with Gasteiger partial charge in [-0.1, -0.05) is 42.5 Å². The van der Waals surface area contributed by atoms with Crippen molar-refractivity contribution in [1.29, 1.82) is 0 Å². The van der Waals surface area contributed by atoms with E-state index >= 15 is 0 Å². The zero-order chi connectivity index (χ0) is 15.2. The van der Waals surface area contributed by atoms with Crippen molar-refractivity contribution in [3.05, 3.63) is 96.1 Å². The van der Waals surface area contributed by atoms with E-state index in [1.165, 1.54) is 11.1 Å². The second kappa shape index (κ2) is 6.96. The third-order valence-corrected chi connectivity index (χ3v) is 3.72. The first-order chi connectivity index (χ1) is 10.8. The molecule has 1 aromatic carbocycles. The van der Waals surface area contributed by atoms with Gasteiger partial charge in [0.25, 0.3) is 0 Å². The van der Waals surface area contributed by atoms with Gasteiger partial charge < -0.3 is 0 Å². The first kappa shape index (κ1) is 14.4. The Morgan fingerprint density at radius 1 is 0.818 bits per heavy atom. The standard InChI is InChI=1S/C19H19N3/c1-15(17-10-7-12-20-14-17)22-19(16-8-3-2-4-9-16)18-11-5-6-13-21-18/h2-15,19,22H,1H3/t15-,19+/m1/s1. The molecular formula is C19H19N3. The van der Waals surface area contributed by atoms with Crippen molar-refractivity contribution in [3.8, 4) is 0 Å². The highest BCUT2D eigenvalue weighted by molar-refractivity contribution is 5.28. The molecule has 3 aromatic rings. The predicted octanol–water partition coefficient (Wildman–Crippen LogP) is 3.92. The largest absolute Gasteiger partial charge is 0.298 e. The molecule has 0 fully saturated rings. The van der Waals surface area contributed by atoms with Crippen LogP contribution in [0.15, 0.2) is 79.3 Å². The highest BCUT2D eigenvalue weighted by Gasteiger charge is 2.18. The summed E-state index contributed by atoms with van der Waals surface area (Å²) in [6, 6.07) is 20.7. The second-order valence-corrected chi connectivity index (χ2v) is 5.27. The lowest BCUT2D eigenvalue weighted by Gasteiger charge is -2.23. The van der Waals surface area contributed by atoms with Gasteiger partial charge >= 0.3 is 0 Å². The van der Waals surface area contributed by atoms with Crippen LogP contribution in [0.25, 0.3) is 0 Å². The number of nitrogens with zero attached hydrogens (tertiary/aromatic N) is 2. The molecule has 110 valence electrons. The van der Waals surface area contributed by atoms with Crippen molar-refractivity contribution in [3.63, 3.8) is 0 Å². The van der Waals surface area contributed by atoms with E-state index in [4.69, 9.17) is 0 Å². The van der Waals surface area contributed by atoms with E-state index in [2.05, 4.69) is 58.6 Å². The molecule has 2 atom stereocenters. The number of nitrogens with one attached hydrogen (secondary N) is 1. The van der Waals surface area contributed by atoms with Crippen LogP contribution in [0.5, 0.6) is 0 Å². The molecule has 0 bridgehead atoms. The highest BCUT2D eigenvalue weighted by atomic mass is 15.0. The monoisotopic (exact) mass is 289 g/mol. The maximum absolute atomic E-state index is 4.52. The van der Waals surface area contributed by atoms with Crippen molar-refractivity contribution in [2.75, 3.05) is 0 Å². The lowest BCUT2D eigenvalue weighted by Crippen LogP contribution is -2.26. The summed E-state index contributed by atoms with van der Waals surface area (Å²) >= 11 is 0. The molecule has 0 aliphatic carbocycles. The van der Waals surface area contributed by atoms with Crippen LogP contribution in [0.3, 0.4) is 0 Å². The van der Waals surface area contributed by atoms with Crippen molar-refractivity contribution in [2.24, 2.45) is 0 Å². The molecule has 0 saturated heterocycles. The van der Waals surface area contributed by atoms with E-state index in [1.54, 1.807) is 6.20 Å². The fourth-order valence-electron chi connectivity index (χ4n) is 2.52. The Kier molecular flexibility index (Phi) is 4.56. The molecule has 3 heteroatoms. The SMILES string of the molecule is C[C@@H](N[C@@H](c1ccccc1)c1ccccn1)c1cccnc1. The average Bonchev–Trinajstić information content (AvgIpc) is 2.62. The predicted molar refractivity (Wildman–Crippen MR) is 88.3 cm³/mol. The lowest BCUT2D eigenvalue weighted by atomic mass is 10.0. The van der Waals surface area contributed by atoms with Crippen LogP contribution < -0.4 is 5.32 Å². The van der Waals surface area contributed by atoms with Crippen molar-refractivity contribution in [1.82, 2.24) is 15.3 Å². The Morgan fingerprint density at radius 2 is 1.59 bits per heavy atom. The summed E-state index contributed by atoms with van der Waals surface area (Å²) in [5.74, 6) is 0. The molecule has 3 rings (SSSR count). The van der Waals surface area contributed by atoms with Crippen LogP contribution in [-0.4, -0.2) is 9.97 Å². The number of aromatic nitrogens is 2. The summed E-state index contributed by atoms with van der Waals surface area (Å²) < 4.78 is 0. The Labute approximate surface area is 131 Å². The molecular weight excluding hydrogens is 270 g/mol. The number of pyridine rings is 2. The van der Waals surface area contributed by atoms with Gasteiger partial charge in [-0.2, -0.15) is 0 Å². The zero-order valence-corrected chi connectivity index (χ0v) is 12.6. The number of hydrogen-bond donors (Lipinski definition) is 1. The van der Waals surface area contributed by atoms with Gasteiger partial charge in [-0.05, 0) is 36.2 Å².